The summed E-state index contributed by atoms with van der Waals surface area (Å²) in [6, 6.07) is 6.63. The van der Waals surface area contributed by atoms with Crippen LogP contribution in [-0.4, -0.2) is 18.6 Å². The van der Waals surface area contributed by atoms with Crippen LogP contribution >= 0.6 is 27.3 Å². The summed E-state index contributed by atoms with van der Waals surface area (Å²) in [7, 11) is 1.68. The fourth-order valence-corrected chi connectivity index (χ4v) is 4.54. The molecule has 1 N–H and O–H groups in total. The zero-order valence-corrected chi connectivity index (χ0v) is 14.7. The predicted octanol–water partition coefficient (Wildman–Crippen LogP) is 4.57. The smallest absolute Gasteiger partial charge is 0.133 e. The van der Waals surface area contributed by atoms with Gasteiger partial charge in [0.15, 0.2) is 0 Å². The van der Waals surface area contributed by atoms with Crippen molar-refractivity contribution in [2.45, 2.75) is 32.2 Å². The molecule has 0 bridgehead atoms. The third-order valence-electron chi connectivity index (χ3n) is 3.80. The fraction of sp³-hybridized carbons (Fsp3) is 0.438. The number of nitrogens with one attached hydrogen (secondary N) is 1. The first-order valence-corrected chi connectivity index (χ1v) is 8.90. The minimum Gasteiger partial charge on any atom is -0.496 e. The molecule has 1 aliphatic rings. The summed E-state index contributed by atoms with van der Waals surface area (Å²) in [6.07, 6.45) is 3.54. The highest BCUT2D eigenvalue weighted by Crippen LogP contribution is 2.39. The first kappa shape index (κ1) is 15.0. The molecular weight excluding hydrogens is 348 g/mol. The van der Waals surface area contributed by atoms with Crippen LogP contribution in [0.4, 0.5) is 0 Å². The van der Waals surface area contributed by atoms with Gasteiger partial charge in [-0.15, -0.1) is 11.3 Å². The Labute approximate surface area is 137 Å². The van der Waals surface area contributed by atoms with Gasteiger partial charge in [-0.25, -0.2) is 4.98 Å². The molecule has 2 aromatic rings. The molecule has 1 aliphatic carbocycles. The Hall–Kier alpha value is -0.910. The standard InChI is InChI=1S/C16H19BrN2OS/c1-3-18-12-5-4-6-13-15(12)21-16(19-13)10-7-8-14(20-2)11(17)9-10/h7-9,12,18H,3-6H2,1-2H3. The second-order valence-electron chi connectivity index (χ2n) is 5.18. The average molecular weight is 367 g/mol. The SMILES string of the molecule is CCNC1CCCc2nc(-c3ccc(OC)c(Br)c3)sc21. The summed E-state index contributed by atoms with van der Waals surface area (Å²) in [5.41, 5.74) is 2.43. The lowest BCUT2D eigenvalue weighted by molar-refractivity contribution is 0.412. The molecule has 0 fully saturated rings. The van der Waals surface area contributed by atoms with Gasteiger partial charge in [-0.05, 0) is 59.9 Å². The van der Waals surface area contributed by atoms with E-state index in [-0.39, 0.29) is 0 Å². The number of methoxy groups -OCH3 is 1. The van der Waals surface area contributed by atoms with E-state index in [1.54, 1.807) is 7.11 Å². The molecule has 0 aliphatic heterocycles. The quantitative estimate of drug-likeness (QED) is 0.860. The van der Waals surface area contributed by atoms with Crippen LogP contribution < -0.4 is 10.1 Å². The van der Waals surface area contributed by atoms with Crippen molar-refractivity contribution in [1.82, 2.24) is 10.3 Å². The minimum atomic E-state index is 0.478. The van der Waals surface area contributed by atoms with Crippen LogP contribution in [0.3, 0.4) is 0 Å². The van der Waals surface area contributed by atoms with Gasteiger partial charge >= 0.3 is 0 Å². The number of aromatic nitrogens is 1. The van der Waals surface area contributed by atoms with Gasteiger partial charge in [-0.3, -0.25) is 0 Å². The largest absolute Gasteiger partial charge is 0.496 e. The first-order chi connectivity index (χ1) is 10.2. The Morgan fingerprint density at radius 1 is 1.48 bits per heavy atom. The maximum absolute atomic E-state index is 5.29. The number of benzene rings is 1. The Balaban J connectivity index is 1.95. The molecule has 21 heavy (non-hydrogen) atoms. The molecule has 1 unspecified atom stereocenters. The highest BCUT2D eigenvalue weighted by molar-refractivity contribution is 9.10. The predicted molar refractivity (Wildman–Crippen MR) is 91.2 cm³/mol. The number of aryl methyl sites for hydroxylation is 1. The molecular formula is C16H19BrN2OS. The fourth-order valence-electron chi connectivity index (χ4n) is 2.78. The maximum atomic E-state index is 5.29. The Morgan fingerprint density at radius 3 is 3.05 bits per heavy atom. The van der Waals surface area contributed by atoms with E-state index < -0.39 is 0 Å². The highest BCUT2D eigenvalue weighted by atomic mass is 79.9. The second-order valence-corrected chi connectivity index (χ2v) is 7.07. The zero-order valence-electron chi connectivity index (χ0n) is 12.3. The number of hydrogen-bond acceptors (Lipinski definition) is 4. The molecule has 0 radical (unpaired) electrons. The van der Waals surface area contributed by atoms with Gasteiger partial charge in [0, 0.05) is 16.5 Å². The van der Waals surface area contributed by atoms with Crippen LogP contribution in [0, 0.1) is 0 Å². The lowest BCUT2D eigenvalue weighted by atomic mass is 9.98. The Kier molecular flexibility index (Phi) is 4.62. The summed E-state index contributed by atoms with van der Waals surface area (Å²) in [6.45, 7) is 3.17. The molecule has 1 aromatic carbocycles. The number of rotatable bonds is 4. The van der Waals surface area contributed by atoms with Gasteiger partial charge in [0.2, 0.25) is 0 Å². The normalized spacial score (nSPS) is 17.6. The van der Waals surface area contributed by atoms with E-state index in [0.717, 1.165) is 33.8 Å². The van der Waals surface area contributed by atoms with Crippen molar-refractivity contribution in [1.29, 1.82) is 0 Å². The Bertz CT molecular complexity index is 641. The van der Waals surface area contributed by atoms with Crippen LogP contribution in [0.15, 0.2) is 22.7 Å². The molecule has 0 saturated heterocycles. The van der Waals surface area contributed by atoms with Crippen molar-refractivity contribution in [3.63, 3.8) is 0 Å². The van der Waals surface area contributed by atoms with Crippen LogP contribution in [0.2, 0.25) is 0 Å². The third-order valence-corrected chi connectivity index (χ3v) is 5.68. The average Bonchev–Trinajstić information content (AvgIpc) is 2.92. The third kappa shape index (κ3) is 3.00. The van der Waals surface area contributed by atoms with Gasteiger partial charge in [-0.1, -0.05) is 6.92 Å². The van der Waals surface area contributed by atoms with Crippen molar-refractivity contribution in [3.05, 3.63) is 33.2 Å². The van der Waals surface area contributed by atoms with Gasteiger partial charge in [0.25, 0.3) is 0 Å². The number of thiazole rings is 1. The topological polar surface area (TPSA) is 34.2 Å². The summed E-state index contributed by atoms with van der Waals surface area (Å²) in [5, 5.41) is 4.68. The highest BCUT2D eigenvalue weighted by Gasteiger charge is 2.24. The van der Waals surface area contributed by atoms with E-state index in [4.69, 9.17) is 9.72 Å². The van der Waals surface area contributed by atoms with Gasteiger partial charge in [-0.2, -0.15) is 0 Å². The molecule has 1 aromatic heterocycles. The van der Waals surface area contributed by atoms with E-state index in [1.165, 1.54) is 23.4 Å². The summed E-state index contributed by atoms with van der Waals surface area (Å²) in [5.74, 6) is 0.852. The molecule has 5 heteroatoms. The summed E-state index contributed by atoms with van der Waals surface area (Å²) in [4.78, 5) is 6.29. The summed E-state index contributed by atoms with van der Waals surface area (Å²) >= 11 is 5.38. The first-order valence-electron chi connectivity index (χ1n) is 7.29. The molecule has 0 amide bonds. The minimum absolute atomic E-state index is 0.478. The van der Waals surface area contributed by atoms with Crippen molar-refractivity contribution in [3.8, 4) is 16.3 Å². The molecule has 0 saturated carbocycles. The van der Waals surface area contributed by atoms with Crippen molar-refractivity contribution >= 4 is 27.3 Å². The van der Waals surface area contributed by atoms with Crippen LogP contribution in [0.5, 0.6) is 5.75 Å². The number of hydrogen-bond donors (Lipinski definition) is 1. The van der Waals surface area contributed by atoms with Crippen LogP contribution in [-0.2, 0) is 6.42 Å². The van der Waals surface area contributed by atoms with E-state index >= 15 is 0 Å². The van der Waals surface area contributed by atoms with Gasteiger partial charge in [0.1, 0.15) is 10.8 Å². The molecule has 1 atom stereocenters. The van der Waals surface area contributed by atoms with Crippen molar-refractivity contribution in [2.24, 2.45) is 0 Å². The van der Waals surface area contributed by atoms with Gasteiger partial charge < -0.3 is 10.1 Å². The second kappa shape index (κ2) is 6.46. The van der Waals surface area contributed by atoms with Crippen molar-refractivity contribution < 1.29 is 4.74 Å². The molecule has 3 rings (SSSR count). The molecule has 112 valence electrons. The number of halogens is 1. The van der Waals surface area contributed by atoms with Crippen LogP contribution in [0.1, 0.15) is 36.4 Å². The van der Waals surface area contributed by atoms with Gasteiger partial charge in [0.05, 0.1) is 17.3 Å². The maximum Gasteiger partial charge on any atom is 0.133 e. The zero-order chi connectivity index (χ0) is 14.8. The Morgan fingerprint density at radius 2 is 2.33 bits per heavy atom. The monoisotopic (exact) mass is 366 g/mol. The molecule has 3 nitrogen and oxygen atoms in total. The van der Waals surface area contributed by atoms with E-state index in [9.17, 15) is 0 Å². The molecule has 1 heterocycles. The van der Waals surface area contributed by atoms with Crippen molar-refractivity contribution in [2.75, 3.05) is 13.7 Å². The molecule has 0 spiro atoms. The van der Waals surface area contributed by atoms with E-state index in [0.29, 0.717) is 6.04 Å². The lowest BCUT2D eigenvalue weighted by Gasteiger charge is -2.21. The number of ether oxygens (including phenoxy) is 1. The van der Waals surface area contributed by atoms with E-state index in [2.05, 4.69) is 40.3 Å². The van der Waals surface area contributed by atoms with Crippen LogP contribution in [0.25, 0.3) is 10.6 Å². The summed E-state index contributed by atoms with van der Waals surface area (Å²) < 4.78 is 6.26. The number of nitrogens with zero attached hydrogens (tertiary/aromatic N) is 1. The lowest BCUT2D eigenvalue weighted by Crippen LogP contribution is -2.23. The van der Waals surface area contributed by atoms with E-state index in [1.807, 2.05) is 17.4 Å². The number of fused-ring (bicyclic) bond motifs is 1.